The van der Waals surface area contributed by atoms with Crippen LogP contribution in [0.15, 0.2) is 0 Å². The van der Waals surface area contributed by atoms with E-state index in [1.54, 1.807) is 0 Å². The van der Waals surface area contributed by atoms with E-state index in [1.807, 2.05) is 0 Å². The third-order valence-electron chi connectivity index (χ3n) is 3.62. The maximum atomic E-state index is 11.1. The van der Waals surface area contributed by atoms with Crippen molar-refractivity contribution in [3.05, 3.63) is 0 Å². The molecule has 2 aliphatic rings. The fourth-order valence-electron chi connectivity index (χ4n) is 2.55. The van der Waals surface area contributed by atoms with Crippen molar-refractivity contribution in [3.8, 4) is 0 Å². The van der Waals surface area contributed by atoms with Crippen LogP contribution in [0.2, 0.25) is 0 Å². The summed E-state index contributed by atoms with van der Waals surface area (Å²) in [5, 5.41) is 9.12. The minimum atomic E-state index is -0.562. The lowest BCUT2D eigenvalue weighted by Gasteiger charge is -2.33. The number of aliphatic carboxylic acids is 1. The van der Waals surface area contributed by atoms with Gasteiger partial charge in [-0.1, -0.05) is 0 Å². The van der Waals surface area contributed by atoms with Gasteiger partial charge in [0, 0.05) is 6.54 Å². The van der Waals surface area contributed by atoms with Gasteiger partial charge < -0.3 is 10.0 Å². The van der Waals surface area contributed by atoms with Gasteiger partial charge in [-0.2, -0.15) is 0 Å². The summed E-state index contributed by atoms with van der Waals surface area (Å²) in [6.45, 7) is 2.11. The lowest BCUT2D eigenvalue weighted by molar-refractivity contribution is -0.146. The Hall–Kier alpha value is -0.570. The van der Waals surface area contributed by atoms with Gasteiger partial charge >= 0.3 is 5.97 Å². The standard InChI is InChI=1S/C10H17NO2/c1-11-6-2-3-8(7-11)10(4-5-10)9(12)13/h8H,2-7H2,1H3,(H,12,13). The molecule has 1 saturated heterocycles. The number of hydrogen-bond donors (Lipinski definition) is 1. The Morgan fingerprint density at radius 3 is 2.69 bits per heavy atom. The van der Waals surface area contributed by atoms with Gasteiger partial charge in [-0.05, 0) is 45.2 Å². The number of carbonyl (C=O) groups is 1. The van der Waals surface area contributed by atoms with Crippen LogP contribution in [-0.2, 0) is 4.79 Å². The van der Waals surface area contributed by atoms with Crippen molar-refractivity contribution in [1.29, 1.82) is 0 Å². The second-order valence-corrected chi connectivity index (χ2v) is 4.56. The Morgan fingerprint density at radius 1 is 1.54 bits per heavy atom. The highest BCUT2D eigenvalue weighted by Gasteiger charge is 2.56. The minimum absolute atomic E-state index is 0.325. The van der Waals surface area contributed by atoms with Crippen LogP contribution in [0, 0.1) is 11.3 Å². The predicted molar refractivity (Wildman–Crippen MR) is 49.5 cm³/mol. The predicted octanol–water partition coefficient (Wildman–Crippen LogP) is 1.19. The topological polar surface area (TPSA) is 40.5 Å². The van der Waals surface area contributed by atoms with Crippen molar-refractivity contribution in [3.63, 3.8) is 0 Å². The molecule has 0 aromatic rings. The van der Waals surface area contributed by atoms with Gasteiger partial charge in [0.25, 0.3) is 0 Å². The number of piperidine rings is 1. The van der Waals surface area contributed by atoms with Gasteiger partial charge in [0.05, 0.1) is 5.41 Å². The average Bonchev–Trinajstić information content (AvgIpc) is 2.83. The molecule has 1 unspecified atom stereocenters. The van der Waals surface area contributed by atoms with E-state index in [9.17, 15) is 4.79 Å². The van der Waals surface area contributed by atoms with Gasteiger partial charge in [0.15, 0.2) is 0 Å². The number of carboxylic acids is 1. The van der Waals surface area contributed by atoms with Gasteiger partial charge in [0.2, 0.25) is 0 Å². The highest BCUT2D eigenvalue weighted by molar-refractivity contribution is 5.78. The summed E-state index contributed by atoms with van der Waals surface area (Å²) in [4.78, 5) is 13.3. The summed E-state index contributed by atoms with van der Waals surface area (Å²) >= 11 is 0. The molecule has 0 aromatic carbocycles. The van der Waals surface area contributed by atoms with E-state index in [0.29, 0.717) is 5.92 Å². The molecule has 1 saturated carbocycles. The average molecular weight is 183 g/mol. The summed E-state index contributed by atoms with van der Waals surface area (Å²) in [5.41, 5.74) is -0.325. The highest BCUT2D eigenvalue weighted by Crippen LogP contribution is 2.54. The normalized spacial score (nSPS) is 32.8. The van der Waals surface area contributed by atoms with Crippen LogP contribution in [0.5, 0.6) is 0 Å². The minimum Gasteiger partial charge on any atom is -0.481 e. The first-order valence-electron chi connectivity index (χ1n) is 5.07. The Morgan fingerprint density at radius 2 is 2.23 bits per heavy atom. The fraction of sp³-hybridized carbons (Fsp3) is 0.900. The Bertz CT molecular complexity index is 223. The van der Waals surface area contributed by atoms with Crippen molar-refractivity contribution in [1.82, 2.24) is 4.90 Å². The van der Waals surface area contributed by atoms with Crippen molar-refractivity contribution < 1.29 is 9.90 Å². The van der Waals surface area contributed by atoms with Crippen LogP contribution in [0.4, 0.5) is 0 Å². The number of nitrogens with zero attached hydrogens (tertiary/aromatic N) is 1. The summed E-state index contributed by atoms with van der Waals surface area (Å²) in [6, 6.07) is 0. The molecular weight excluding hydrogens is 166 g/mol. The largest absolute Gasteiger partial charge is 0.481 e. The summed E-state index contributed by atoms with van der Waals surface area (Å²) in [5.74, 6) is -0.156. The molecule has 1 atom stereocenters. The summed E-state index contributed by atoms with van der Waals surface area (Å²) in [6.07, 6.45) is 4.08. The van der Waals surface area contributed by atoms with E-state index < -0.39 is 5.97 Å². The number of likely N-dealkylation sites (tertiary alicyclic amines) is 1. The number of hydrogen-bond acceptors (Lipinski definition) is 2. The lowest BCUT2D eigenvalue weighted by atomic mass is 9.83. The van der Waals surface area contributed by atoms with E-state index in [4.69, 9.17) is 5.11 Å². The molecule has 0 radical (unpaired) electrons. The van der Waals surface area contributed by atoms with Crippen LogP contribution in [0.25, 0.3) is 0 Å². The van der Waals surface area contributed by atoms with E-state index in [1.165, 1.54) is 0 Å². The number of carboxylic acid groups (broad SMARTS) is 1. The first kappa shape index (κ1) is 9.00. The third kappa shape index (κ3) is 1.46. The molecule has 1 aliphatic carbocycles. The van der Waals surface area contributed by atoms with Crippen LogP contribution in [-0.4, -0.2) is 36.1 Å². The van der Waals surface area contributed by atoms with Crippen molar-refractivity contribution >= 4 is 5.97 Å². The zero-order chi connectivity index (χ0) is 9.47. The van der Waals surface area contributed by atoms with Crippen LogP contribution >= 0.6 is 0 Å². The first-order valence-corrected chi connectivity index (χ1v) is 5.07. The maximum Gasteiger partial charge on any atom is 0.309 e. The maximum absolute atomic E-state index is 11.1. The van der Waals surface area contributed by atoms with Gasteiger partial charge in [-0.25, -0.2) is 0 Å². The lowest BCUT2D eigenvalue weighted by Crippen LogP contribution is -2.39. The molecule has 0 aromatic heterocycles. The molecule has 0 spiro atoms. The SMILES string of the molecule is CN1CCCC(C2(C(=O)O)CC2)C1. The summed E-state index contributed by atoms with van der Waals surface area (Å²) < 4.78 is 0. The molecular formula is C10H17NO2. The van der Waals surface area contributed by atoms with Crippen LogP contribution in [0.3, 0.4) is 0 Å². The van der Waals surface area contributed by atoms with Gasteiger partial charge in [-0.3, -0.25) is 4.79 Å². The molecule has 2 fully saturated rings. The van der Waals surface area contributed by atoms with Crippen molar-refractivity contribution in [2.75, 3.05) is 20.1 Å². The quantitative estimate of drug-likeness (QED) is 0.699. The number of rotatable bonds is 2. The van der Waals surface area contributed by atoms with Crippen molar-refractivity contribution in [2.24, 2.45) is 11.3 Å². The zero-order valence-electron chi connectivity index (χ0n) is 8.12. The van der Waals surface area contributed by atoms with Gasteiger partial charge in [-0.15, -0.1) is 0 Å². The van der Waals surface area contributed by atoms with Crippen LogP contribution < -0.4 is 0 Å². The van der Waals surface area contributed by atoms with Gasteiger partial charge in [0.1, 0.15) is 0 Å². The molecule has 74 valence electrons. The summed E-state index contributed by atoms with van der Waals surface area (Å²) in [7, 11) is 2.09. The molecule has 3 heteroatoms. The van der Waals surface area contributed by atoms with Crippen LogP contribution in [0.1, 0.15) is 25.7 Å². The first-order chi connectivity index (χ1) is 6.15. The van der Waals surface area contributed by atoms with Crippen molar-refractivity contribution in [2.45, 2.75) is 25.7 Å². The molecule has 0 bridgehead atoms. The van der Waals surface area contributed by atoms with E-state index >= 15 is 0 Å². The van der Waals surface area contributed by atoms with E-state index in [2.05, 4.69) is 11.9 Å². The molecule has 13 heavy (non-hydrogen) atoms. The Balaban J connectivity index is 2.03. The highest BCUT2D eigenvalue weighted by atomic mass is 16.4. The van der Waals surface area contributed by atoms with E-state index in [-0.39, 0.29) is 5.41 Å². The molecule has 3 nitrogen and oxygen atoms in total. The molecule has 1 heterocycles. The zero-order valence-corrected chi connectivity index (χ0v) is 8.12. The molecule has 1 aliphatic heterocycles. The second-order valence-electron chi connectivity index (χ2n) is 4.56. The third-order valence-corrected chi connectivity index (χ3v) is 3.62. The monoisotopic (exact) mass is 183 g/mol. The van der Waals surface area contributed by atoms with E-state index in [0.717, 1.165) is 38.8 Å². The fourth-order valence-corrected chi connectivity index (χ4v) is 2.55. The molecule has 2 rings (SSSR count). The second kappa shape index (κ2) is 2.98. The Kier molecular flexibility index (Phi) is 2.06. The molecule has 0 amide bonds. The smallest absolute Gasteiger partial charge is 0.309 e. The Labute approximate surface area is 78.7 Å². The molecule has 1 N–H and O–H groups in total.